The van der Waals surface area contributed by atoms with Crippen LogP contribution in [0.1, 0.15) is 33.3 Å². The van der Waals surface area contributed by atoms with Crippen molar-refractivity contribution in [3.8, 4) is 0 Å². The predicted molar refractivity (Wildman–Crippen MR) is 130 cm³/mol. The van der Waals surface area contributed by atoms with Crippen molar-refractivity contribution in [1.29, 1.82) is 0 Å². The van der Waals surface area contributed by atoms with Gasteiger partial charge in [0.1, 0.15) is 5.82 Å². The van der Waals surface area contributed by atoms with Crippen molar-refractivity contribution in [1.82, 2.24) is 18.7 Å². The summed E-state index contributed by atoms with van der Waals surface area (Å²) in [6.45, 7) is 8.91. The number of nitrogens with zero attached hydrogens (tertiary/aromatic N) is 4. The van der Waals surface area contributed by atoms with Gasteiger partial charge in [-0.15, -0.1) is 12.4 Å². The van der Waals surface area contributed by atoms with Crippen LogP contribution in [0.15, 0.2) is 50.7 Å². The Hall–Kier alpha value is -2.36. The minimum absolute atomic E-state index is 0. The number of hydrogen-bond acceptors (Lipinski definition) is 5. The second-order valence-electron chi connectivity index (χ2n) is 8.38. The van der Waals surface area contributed by atoms with Gasteiger partial charge in [-0.05, 0) is 45.4 Å². The van der Waals surface area contributed by atoms with E-state index >= 15 is 0 Å². The van der Waals surface area contributed by atoms with Crippen LogP contribution in [-0.2, 0) is 20.1 Å². The van der Waals surface area contributed by atoms with E-state index in [9.17, 15) is 14.0 Å². The van der Waals surface area contributed by atoms with Crippen LogP contribution >= 0.6 is 24.2 Å². The minimum Gasteiger partial charge on any atom is -0.329 e. The maximum absolute atomic E-state index is 13.4. The van der Waals surface area contributed by atoms with Crippen LogP contribution in [0.5, 0.6) is 0 Å². The van der Waals surface area contributed by atoms with Gasteiger partial charge in [-0.1, -0.05) is 35.5 Å². The molecule has 0 amide bonds. The molecule has 174 valence electrons. The van der Waals surface area contributed by atoms with Crippen LogP contribution in [0.25, 0.3) is 11.2 Å². The summed E-state index contributed by atoms with van der Waals surface area (Å²) in [4.78, 5) is 31.1. The van der Waals surface area contributed by atoms with Crippen molar-refractivity contribution in [2.24, 2.45) is 12.8 Å². The first-order valence-corrected chi connectivity index (χ1v) is 10.8. The number of fused-ring (bicyclic) bond motifs is 1. The zero-order valence-corrected chi connectivity index (χ0v) is 20.5. The zero-order chi connectivity index (χ0) is 22.9. The SMILES string of the molecule is CC(C)=CCn1c(SC(C)(C)CN)nc2c1c(=O)n(Cc1ccc(F)cc1)c(=O)n2C.Cl. The Morgan fingerprint density at radius 3 is 2.38 bits per heavy atom. The third kappa shape index (κ3) is 5.33. The lowest BCUT2D eigenvalue weighted by molar-refractivity contribution is 0.623. The highest BCUT2D eigenvalue weighted by Gasteiger charge is 2.25. The molecule has 0 aliphatic rings. The molecule has 2 aromatic heterocycles. The van der Waals surface area contributed by atoms with E-state index in [0.717, 1.165) is 5.57 Å². The van der Waals surface area contributed by atoms with Gasteiger partial charge in [0.2, 0.25) is 0 Å². The summed E-state index contributed by atoms with van der Waals surface area (Å²) in [6.07, 6.45) is 2.01. The molecular formula is C22H29ClFN5O2S. The summed E-state index contributed by atoms with van der Waals surface area (Å²) in [6, 6.07) is 5.76. The fourth-order valence-electron chi connectivity index (χ4n) is 3.07. The molecular weight excluding hydrogens is 453 g/mol. The molecule has 0 saturated heterocycles. The van der Waals surface area contributed by atoms with E-state index < -0.39 is 11.2 Å². The highest BCUT2D eigenvalue weighted by molar-refractivity contribution is 8.00. The number of aryl methyl sites for hydroxylation is 1. The second-order valence-corrected chi connectivity index (χ2v) is 10.1. The molecule has 0 fully saturated rings. The molecule has 0 spiro atoms. The normalized spacial score (nSPS) is 11.5. The summed E-state index contributed by atoms with van der Waals surface area (Å²) in [5.41, 5.74) is 7.48. The molecule has 3 rings (SSSR count). The van der Waals surface area contributed by atoms with Crippen LogP contribution in [0, 0.1) is 5.82 Å². The van der Waals surface area contributed by atoms with Gasteiger partial charge >= 0.3 is 5.69 Å². The molecule has 0 unspecified atom stereocenters. The fourth-order valence-corrected chi connectivity index (χ4v) is 4.06. The topological polar surface area (TPSA) is 87.8 Å². The Balaban J connectivity index is 0.00000363. The van der Waals surface area contributed by atoms with E-state index in [-0.39, 0.29) is 29.5 Å². The number of nitrogens with two attached hydrogens (primary N) is 1. The predicted octanol–water partition coefficient (Wildman–Crippen LogP) is 3.30. The second kappa shape index (κ2) is 10.1. The van der Waals surface area contributed by atoms with E-state index in [0.29, 0.717) is 35.0 Å². The first kappa shape index (κ1) is 25.9. The Morgan fingerprint density at radius 2 is 1.81 bits per heavy atom. The first-order chi connectivity index (χ1) is 14.5. The molecule has 0 radical (unpaired) electrons. The van der Waals surface area contributed by atoms with Gasteiger partial charge in [0.25, 0.3) is 5.56 Å². The van der Waals surface area contributed by atoms with Gasteiger partial charge in [-0.2, -0.15) is 0 Å². The number of thioether (sulfide) groups is 1. The van der Waals surface area contributed by atoms with Gasteiger partial charge < -0.3 is 10.3 Å². The molecule has 1 aromatic carbocycles. The van der Waals surface area contributed by atoms with Gasteiger partial charge in [0, 0.05) is 24.9 Å². The average Bonchev–Trinajstić information content (AvgIpc) is 3.07. The molecule has 2 heterocycles. The summed E-state index contributed by atoms with van der Waals surface area (Å²) >= 11 is 1.48. The molecule has 0 aliphatic carbocycles. The molecule has 0 aliphatic heterocycles. The molecule has 0 saturated carbocycles. The smallest absolute Gasteiger partial charge is 0.329 e. The number of imidazole rings is 1. The summed E-state index contributed by atoms with van der Waals surface area (Å²) in [5.74, 6) is -0.372. The quantitative estimate of drug-likeness (QED) is 0.413. The van der Waals surface area contributed by atoms with Gasteiger partial charge in [0.05, 0.1) is 6.54 Å². The van der Waals surface area contributed by atoms with Crippen LogP contribution in [0.4, 0.5) is 4.39 Å². The van der Waals surface area contributed by atoms with Crippen LogP contribution in [0.2, 0.25) is 0 Å². The van der Waals surface area contributed by atoms with Crippen molar-refractivity contribution in [3.63, 3.8) is 0 Å². The monoisotopic (exact) mass is 481 g/mol. The van der Waals surface area contributed by atoms with Crippen molar-refractivity contribution in [2.45, 2.75) is 50.7 Å². The lowest BCUT2D eigenvalue weighted by Crippen LogP contribution is -2.40. The van der Waals surface area contributed by atoms with Crippen molar-refractivity contribution < 1.29 is 4.39 Å². The van der Waals surface area contributed by atoms with Crippen molar-refractivity contribution in [2.75, 3.05) is 6.54 Å². The number of benzene rings is 1. The number of hydrogen-bond donors (Lipinski definition) is 1. The number of halogens is 2. The molecule has 7 nitrogen and oxygen atoms in total. The Labute approximate surface area is 196 Å². The molecule has 0 atom stereocenters. The van der Waals surface area contributed by atoms with Gasteiger partial charge in [-0.3, -0.25) is 13.9 Å². The largest absolute Gasteiger partial charge is 0.332 e. The van der Waals surface area contributed by atoms with Crippen molar-refractivity contribution in [3.05, 3.63) is 68.1 Å². The van der Waals surface area contributed by atoms with Crippen molar-refractivity contribution >= 4 is 35.3 Å². The number of rotatable bonds is 7. The van der Waals surface area contributed by atoms with Crippen LogP contribution in [0.3, 0.4) is 0 Å². The molecule has 2 N–H and O–H groups in total. The maximum atomic E-state index is 13.4. The van der Waals surface area contributed by atoms with E-state index in [4.69, 9.17) is 5.73 Å². The summed E-state index contributed by atoms with van der Waals surface area (Å²) in [7, 11) is 1.60. The molecule has 3 aromatic rings. The van der Waals surface area contributed by atoms with E-state index in [1.165, 1.54) is 33.0 Å². The highest BCUT2D eigenvalue weighted by atomic mass is 35.5. The van der Waals surface area contributed by atoms with E-state index in [1.807, 2.05) is 38.3 Å². The fraction of sp³-hybridized carbons (Fsp3) is 0.409. The Bertz CT molecular complexity index is 1250. The van der Waals surface area contributed by atoms with Gasteiger partial charge in [-0.25, -0.2) is 14.2 Å². The van der Waals surface area contributed by atoms with E-state index in [1.54, 1.807) is 19.2 Å². The number of aromatic nitrogens is 4. The Morgan fingerprint density at radius 1 is 1.19 bits per heavy atom. The third-order valence-electron chi connectivity index (χ3n) is 4.99. The maximum Gasteiger partial charge on any atom is 0.332 e. The van der Waals surface area contributed by atoms with Gasteiger partial charge in [0.15, 0.2) is 16.3 Å². The minimum atomic E-state index is -0.469. The molecule has 32 heavy (non-hydrogen) atoms. The molecule has 0 bridgehead atoms. The van der Waals surface area contributed by atoms with E-state index in [2.05, 4.69) is 4.98 Å². The third-order valence-corrected chi connectivity index (χ3v) is 6.21. The zero-order valence-electron chi connectivity index (χ0n) is 18.9. The standard InChI is InChI=1S/C22H28FN5O2S.ClH/c1-14(2)10-11-27-17-18(25-20(27)31-22(3,4)13-24)26(5)21(30)28(19(17)29)12-15-6-8-16(23)9-7-15;/h6-10H,11-13,24H2,1-5H3;1H. The molecule has 10 heteroatoms. The van der Waals surface area contributed by atoms with Crippen LogP contribution in [-0.4, -0.2) is 30.0 Å². The summed E-state index contributed by atoms with van der Waals surface area (Å²) < 4.78 is 17.4. The average molecular weight is 482 g/mol. The summed E-state index contributed by atoms with van der Waals surface area (Å²) in [5, 5.41) is 0.634. The number of allylic oxidation sites excluding steroid dienone is 2. The van der Waals surface area contributed by atoms with Crippen LogP contribution < -0.4 is 17.0 Å². The Kier molecular flexibility index (Phi) is 8.14. The lowest BCUT2D eigenvalue weighted by Gasteiger charge is -2.21. The highest BCUT2D eigenvalue weighted by Crippen LogP contribution is 2.32. The first-order valence-electron chi connectivity index (χ1n) is 10.0. The lowest BCUT2D eigenvalue weighted by atomic mass is 10.2.